The van der Waals surface area contributed by atoms with E-state index in [-0.39, 0.29) is 12.3 Å². The van der Waals surface area contributed by atoms with E-state index in [2.05, 4.69) is 33.0 Å². The number of amides is 1. The molecule has 0 saturated carbocycles. The highest BCUT2D eigenvalue weighted by Crippen LogP contribution is 2.30. The molecule has 1 atom stereocenters. The molecule has 3 N–H and O–H groups in total. The Labute approximate surface area is 253 Å². The second-order valence-corrected chi connectivity index (χ2v) is 11.9. The smallest absolute Gasteiger partial charge is 0.222 e. The van der Waals surface area contributed by atoms with Crippen LogP contribution in [0.2, 0.25) is 5.02 Å². The van der Waals surface area contributed by atoms with Crippen LogP contribution in [-0.2, 0) is 4.79 Å². The van der Waals surface area contributed by atoms with Crippen LogP contribution in [0.15, 0.2) is 29.3 Å². The summed E-state index contributed by atoms with van der Waals surface area (Å²) in [5, 5.41) is 18.5. The number of nitrogens with zero attached hydrogens (tertiary/aromatic N) is 1. The van der Waals surface area contributed by atoms with Gasteiger partial charge in [0.15, 0.2) is 0 Å². The Balaban J connectivity index is 0.00000232. The number of halogens is 1. The van der Waals surface area contributed by atoms with Crippen molar-refractivity contribution in [3.8, 4) is 0 Å². The van der Waals surface area contributed by atoms with Crippen LogP contribution in [0.3, 0.4) is 0 Å². The van der Waals surface area contributed by atoms with E-state index in [0.29, 0.717) is 23.0 Å². The Morgan fingerprint density at radius 1 is 0.925 bits per heavy atom. The van der Waals surface area contributed by atoms with Crippen molar-refractivity contribution in [3.63, 3.8) is 0 Å². The van der Waals surface area contributed by atoms with E-state index in [1.807, 2.05) is 38.1 Å². The monoisotopic (exact) mass is 588 g/mol. The van der Waals surface area contributed by atoms with Gasteiger partial charge in [0.25, 0.3) is 0 Å². The minimum Gasteiger partial charge on any atom is -0.356 e. The molecule has 2 rings (SSSR count). The van der Waals surface area contributed by atoms with Gasteiger partial charge in [-0.15, -0.1) is 11.3 Å². The average molecular weight is 589 g/mol. The van der Waals surface area contributed by atoms with Gasteiger partial charge in [-0.05, 0) is 65.7 Å². The first-order valence-corrected chi connectivity index (χ1v) is 15.9. The molecule has 1 heterocycles. The van der Waals surface area contributed by atoms with Gasteiger partial charge in [0.05, 0.1) is 18.2 Å². The van der Waals surface area contributed by atoms with Gasteiger partial charge in [-0.25, -0.2) is 0 Å². The molecule has 1 aromatic heterocycles. The topological polar surface area (TPSA) is 89.2 Å². The second-order valence-electron chi connectivity index (χ2n) is 10.1. The molecule has 0 aliphatic carbocycles. The quantitative estimate of drug-likeness (QED) is 0.149. The third-order valence-electron chi connectivity index (χ3n) is 6.18. The number of carbonyl (C=O) groups is 1. The van der Waals surface area contributed by atoms with Crippen molar-refractivity contribution in [1.82, 2.24) is 5.32 Å². The molecular weight excluding hydrogens is 536 g/mol. The van der Waals surface area contributed by atoms with E-state index in [1.54, 1.807) is 32.1 Å². The lowest BCUT2D eigenvalue weighted by Crippen LogP contribution is -2.31. The molecular formula is C33H53ClN4OS. The Bertz CT molecular complexity index is 1070. The SMILES string of the molecule is CC.CC(C)=N.CCCCCCCCCNC(=O)C[C@H](N=C(c1ccc(Cl)cc1)c1c(C)sc(C)c1C)C(C)=N. The van der Waals surface area contributed by atoms with Crippen molar-refractivity contribution in [1.29, 1.82) is 10.8 Å². The van der Waals surface area contributed by atoms with Crippen LogP contribution in [-0.4, -0.2) is 35.6 Å². The highest BCUT2D eigenvalue weighted by molar-refractivity contribution is 7.12. The molecule has 7 heteroatoms. The minimum absolute atomic E-state index is 0.0447. The van der Waals surface area contributed by atoms with Crippen molar-refractivity contribution in [3.05, 3.63) is 55.7 Å². The molecule has 1 amide bonds. The average Bonchev–Trinajstić information content (AvgIpc) is 3.15. The summed E-state index contributed by atoms with van der Waals surface area (Å²) in [6.07, 6.45) is 8.71. The molecule has 40 heavy (non-hydrogen) atoms. The summed E-state index contributed by atoms with van der Waals surface area (Å²) in [7, 11) is 0. The van der Waals surface area contributed by atoms with Crippen LogP contribution in [0.25, 0.3) is 0 Å². The van der Waals surface area contributed by atoms with Gasteiger partial charge in [0, 0.05) is 43.9 Å². The van der Waals surface area contributed by atoms with Crippen molar-refractivity contribution < 1.29 is 4.79 Å². The molecule has 5 nitrogen and oxygen atoms in total. The first kappa shape index (κ1) is 37.7. The van der Waals surface area contributed by atoms with E-state index < -0.39 is 6.04 Å². The maximum absolute atomic E-state index is 12.7. The lowest BCUT2D eigenvalue weighted by Gasteiger charge is -2.16. The van der Waals surface area contributed by atoms with Crippen LogP contribution in [0.4, 0.5) is 0 Å². The van der Waals surface area contributed by atoms with Gasteiger partial charge in [0.2, 0.25) is 5.91 Å². The van der Waals surface area contributed by atoms with E-state index in [9.17, 15) is 4.79 Å². The van der Waals surface area contributed by atoms with Crippen LogP contribution < -0.4 is 5.32 Å². The summed E-state index contributed by atoms with van der Waals surface area (Å²) in [4.78, 5) is 20.1. The number of hydrogen-bond donors (Lipinski definition) is 3. The first-order chi connectivity index (χ1) is 19.0. The van der Waals surface area contributed by atoms with Gasteiger partial charge in [-0.1, -0.05) is 83.0 Å². The van der Waals surface area contributed by atoms with Crippen molar-refractivity contribution in [2.75, 3.05) is 6.54 Å². The number of hydrogen-bond acceptors (Lipinski definition) is 5. The van der Waals surface area contributed by atoms with E-state index in [4.69, 9.17) is 27.4 Å². The number of nitrogens with one attached hydrogen (secondary N) is 3. The minimum atomic E-state index is -0.501. The zero-order valence-corrected chi connectivity index (χ0v) is 28.0. The fourth-order valence-electron chi connectivity index (χ4n) is 4.04. The zero-order chi connectivity index (χ0) is 30.7. The molecule has 0 aliphatic rings. The number of benzene rings is 1. The number of unbranched alkanes of at least 4 members (excludes halogenated alkanes) is 6. The van der Waals surface area contributed by atoms with Gasteiger partial charge < -0.3 is 16.1 Å². The summed E-state index contributed by atoms with van der Waals surface area (Å²) >= 11 is 7.88. The van der Waals surface area contributed by atoms with Crippen molar-refractivity contribution in [2.24, 2.45) is 4.99 Å². The summed E-state index contributed by atoms with van der Waals surface area (Å²) in [5.74, 6) is -0.0447. The molecule has 224 valence electrons. The molecule has 0 unspecified atom stereocenters. The van der Waals surface area contributed by atoms with E-state index in [0.717, 1.165) is 29.7 Å². The normalized spacial score (nSPS) is 11.5. The van der Waals surface area contributed by atoms with Crippen LogP contribution in [0, 0.1) is 31.6 Å². The summed E-state index contributed by atoms with van der Waals surface area (Å²) in [5.41, 5.74) is 5.12. The fraction of sp³-hybridized carbons (Fsp3) is 0.576. The molecule has 0 aliphatic heterocycles. The maximum Gasteiger partial charge on any atom is 0.222 e. The largest absolute Gasteiger partial charge is 0.356 e. The van der Waals surface area contributed by atoms with E-state index in [1.165, 1.54) is 47.4 Å². The van der Waals surface area contributed by atoms with Crippen molar-refractivity contribution >= 4 is 46.0 Å². The number of aryl methyl sites for hydroxylation is 2. The predicted molar refractivity (Wildman–Crippen MR) is 179 cm³/mol. The highest BCUT2D eigenvalue weighted by atomic mass is 35.5. The van der Waals surface area contributed by atoms with E-state index >= 15 is 0 Å². The molecule has 0 bridgehead atoms. The molecule has 0 saturated heterocycles. The fourth-order valence-corrected chi connectivity index (χ4v) is 5.23. The van der Waals surface area contributed by atoms with Crippen LogP contribution in [0.5, 0.6) is 0 Å². The molecule has 2 aromatic rings. The van der Waals surface area contributed by atoms with Crippen molar-refractivity contribution in [2.45, 2.75) is 120 Å². The van der Waals surface area contributed by atoms with Crippen LogP contribution >= 0.6 is 22.9 Å². The number of rotatable bonds is 14. The van der Waals surface area contributed by atoms with Gasteiger partial charge in [0.1, 0.15) is 0 Å². The van der Waals surface area contributed by atoms with Gasteiger partial charge >= 0.3 is 0 Å². The lowest BCUT2D eigenvalue weighted by atomic mass is 9.97. The Morgan fingerprint density at radius 3 is 1.93 bits per heavy atom. The Hall–Kier alpha value is -2.31. The number of carbonyl (C=O) groups excluding carboxylic acids is 1. The number of aliphatic imine (C=N–C) groups is 1. The summed E-state index contributed by atoms with van der Waals surface area (Å²) in [6, 6.07) is 7.14. The zero-order valence-electron chi connectivity index (χ0n) is 26.4. The van der Waals surface area contributed by atoms with Gasteiger partial charge in [-0.2, -0.15) is 0 Å². The summed E-state index contributed by atoms with van der Waals surface area (Å²) in [6.45, 7) is 18.5. The second kappa shape index (κ2) is 21.4. The molecule has 1 aromatic carbocycles. The third-order valence-corrected chi connectivity index (χ3v) is 7.56. The Kier molecular flexibility index (Phi) is 20.2. The summed E-state index contributed by atoms with van der Waals surface area (Å²) < 4.78 is 0. The standard InChI is InChI=1S/C28H40ClN3OS.C3H7N.C2H6/c1-6-7-8-9-10-11-12-17-31-26(33)18-25(20(3)30)32-28(23-13-15-24(29)16-14-23)27-19(2)21(4)34-22(27)5;1-3(2)4;1-2/h13-16,25,30H,6-12,17-18H2,1-5H3,(H,31,33);4H,1-2H3;1-2H3/t25-;;/m0../s1. The predicted octanol–water partition coefficient (Wildman–Crippen LogP) is 9.90. The molecule has 0 fully saturated rings. The highest BCUT2D eigenvalue weighted by Gasteiger charge is 2.21. The van der Waals surface area contributed by atoms with Crippen LogP contribution in [0.1, 0.15) is 119 Å². The molecule has 0 radical (unpaired) electrons. The number of thiophene rings is 1. The third kappa shape index (κ3) is 14.9. The lowest BCUT2D eigenvalue weighted by molar-refractivity contribution is -0.121. The Morgan fingerprint density at radius 2 is 1.45 bits per heavy atom. The van der Waals surface area contributed by atoms with Gasteiger partial charge in [-0.3, -0.25) is 9.79 Å². The molecule has 0 spiro atoms. The first-order valence-electron chi connectivity index (χ1n) is 14.7. The maximum atomic E-state index is 12.7.